The van der Waals surface area contributed by atoms with Crippen molar-refractivity contribution in [2.24, 2.45) is 0 Å². The van der Waals surface area contributed by atoms with E-state index in [1.165, 1.54) is 18.4 Å². The van der Waals surface area contributed by atoms with Gasteiger partial charge in [-0.1, -0.05) is 35.3 Å². The zero-order valence-corrected chi connectivity index (χ0v) is 19.1. The summed E-state index contributed by atoms with van der Waals surface area (Å²) in [7, 11) is 0. The Morgan fingerprint density at radius 2 is 1.59 bits per heavy atom. The lowest BCUT2D eigenvalue weighted by Gasteiger charge is -2.30. The van der Waals surface area contributed by atoms with Crippen molar-refractivity contribution in [3.63, 3.8) is 0 Å². The van der Waals surface area contributed by atoms with E-state index >= 15 is 0 Å². The van der Waals surface area contributed by atoms with Crippen LogP contribution in [0.1, 0.15) is 31.2 Å². The van der Waals surface area contributed by atoms with Crippen LogP contribution in [0.5, 0.6) is 0 Å². The number of pyridine rings is 1. The molecular weight excluding hydrogens is 448 g/mol. The van der Waals surface area contributed by atoms with Gasteiger partial charge in [-0.2, -0.15) is 0 Å². The fourth-order valence-corrected chi connectivity index (χ4v) is 4.20. The number of anilines is 1. The topological polar surface area (TPSA) is 37.0 Å². The van der Waals surface area contributed by atoms with Crippen LogP contribution in [0.2, 0.25) is 10.0 Å². The molecule has 1 aliphatic carbocycles. The maximum absolute atomic E-state index is 6.09. The number of fused-ring (bicyclic) bond motifs is 1. The zero-order chi connectivity index (χ0) is 18.6. The molecule has 3 aromatic rings. The third-order valence-corrected chi connectivity index (χ3v) is 5.75. The predicted molar refractivity (Wildman–Crippen MR) is 129 cm³/mol. The van der Waals surface area contributed by atoms with Gasteiger partial charge in [-0.3, -0.25) is 4.98 Å². The van der Waals surface area contributed by atoms with Crippen LogP contribution in [0, 0.1) is 0 Å². The van der Waals surface area contributed by atoms with E-state index in [1.54, 1.807) is 0 Å². The number of hydrogen-bond acceptors (Lipinski definition) is 3. The summed E-state index contributed by atoms with van der Waals surface area (Å²) < 4.78 is 0. The smallest absolute Gasteiger partial charge is 0.0737 e. The van der Waals surface area contributed by atoms with Gasteiger partial charge in [0.2, 0.25) is 0 Å². The van der Waals surface area contributed by atoms with E-state index in [2.05, 4.69) is 27.8 Å². The summed E-state index contributed by atoms with van der Waals surface area (Å²) in [6.45, 7) is 0.874. The number of benzene rings is 2. The molecule has 0 aliphatic heterocycles. The highest BCUT2D eigenvalue weighted by Gasteiger charge is 2.21. The van der Waals surface area contributed by atoms with Crippen LogP contribution in [0.25, 0.3) is 10.9 Å². The number of halogens is 4. The van der Waals surface area contributed by atoms with Crippen molar-refractivity contribution < 1.29 is 0 Å². The molecule has 0 amide bonds. The van der Waals surface area contributed by atoms with Crippen LogP contribution >= 0.6 is 48.0 Å². The summed E-state index contributed by atoms with van der Waals surface area (Å²) in [5, 5.41) is 10.0. The molecule has 4 rings (SSSR count). The average molecular weight is 473 g/mol. The second-order valence-corrected chi connectivity index (χ2v) is 8.10. The van der Waals surface area contributed by atoms with Crippen molar-refractivity contribution in [1.29, 1.82) is 0 Å². The lowest BCUT2D eigenvalue weighted by atomic mass is 9.90. The second-order valence-electron chi connectivity index (χ2n) is 7.22. The molecular formula is C22H25Cl4N3. The molecule has 0 unspecified atom stereocenters. The minimum absolute atomic E-state index is 0. The summed E-state index contributed by atoms with van der Waals surface area (Å²) in [5.74, 6) is 0. The number of aromatic nitrogens is 1. The minimum atomic E-state index is 0. The number of nitrogens with zero attached hydrogens (tertiary/aromatic N) is 1. The Balaban J connectivity index is 0.00000150. The zero-order valence-electron chi connectivity index (χ0n) is 15.9. The quantitative estimate of drug-likeness (QED) is 0.424. The van der Waals surface area contributed by atoms with Gasteiger partial charge >= 0.3 is 0 Å². The van der Waals surface area contributed by atoms with Crippen LogP contribution < -0.4 is 10.6 Å². The molecule has 156 valence electrons. The molecule has 0 saturated heterocycles. The van der Waals surface area contributed by atoms with Crippen molar-refractivity contribution in [2.75, 3.05) is 5.32 Å². The number of rotatable bonds is 5. The lowest BCUT2D eigenvalue weighted by Crippen LogP contribution is -2.36. The maximum atomic E-state index is 6.09. The van der Waals surface area contributed by atoms with Gasteiger partial charge in [-0.15, -0.1) is 24.8 Å². The van der Waals surface area contributed by atoms with Crippen molar-refractivity contribution in [2.45, 2.75) is 44.3 Å². The van der Waals surface area contributed by atoms with Crippen LogP contribution in [0.15, 0.2) is 54.7 Å². The highest BCUT2D eigenvalue weighted by Crippen LogP contribution is 2.28. The van der Waals surface area contributed by atoms with Crippen molar-refractivity contribution in [3.05, 3.63) is 70.3 Å². The lowest BCUT2D eigenvalue weighted by molar-refractivity contribution is 0.353. The molecule has 3 nitrogen and oxygen atoms in total. The number of hydrogen-bond donors (Lipinski definition) is 2. The Morgan fingerprint density at radius 1 is 0.862 bits per heavy atom. The largest absolute Gasteiger partial charge is 0.382 e. The molecule has 1 heterocycles. The molecule has 1 fully saturated rings. The molecule has 1 aromatic heterocycles. The average Bonchev–Trinajstić information content (AvgIpc) is 2.67. The molecule has 2 N–H and O–H groups in total. The number of nitrogens with one attached hydrogen (secondary N) is 2. The van der Waals surface area contributed by atoms with E-state index in [4.69, 9.17) is 23.2 Å². The summed E-state index contributed by atoms with van der Waals surface area (Å²) >= 11 is 12.2. The molecule has 7 heteroatoms. The predicted octanol–water partition coefficient (Wildman–Crippen LogP) is 6.90. The molecule has 29 heavy (non-hydrogen) atoms. The third kappa shape index (κ3) is 6.37. The first-order valence-corrected chi connectivity index (χ1v) is 10.2. The standard InChI is InChI=1S/C22H23Cl2N3.2ClH/c23-16-3-1-2-15(12-16)14-26-18-5-7-19(8-6-18)27-21-10-11-25-22-13-17(24)4-9-20(21)22;;/h1-4,9-13,18-19,26H,5-8,14H2,(H,25,27);2*1H/t18-,19+;;. The van der Waals surface area contributed by atoms with Crippen molar-refractivity contribution in [3.8, 4) is 0 Å². The molecule has 1 saturated carbocycles. The summed E-state index contributed by atoms with van der Waals surface area (Å²) in [6.07, 6.45) is 6.51. The Hall–Kier alpha value is -1.23. The van der Waals surface area contributed by atoms with Gasteiger partial charge in [0.15, 0.2) is 0 Å². The van der Waals surface area contributed by atoms with Crippen LogP contribution in [-0.4, -0.2) is 17.1 Å². The Bertz CT molecular complexity index is 927. The van der Waals surface area contributed by atoms with Gasteiger partial charge in [-0.05, 0) is 67.6 Å². The first kappa shape index (κ1) is 24.0. The molecule has 0 radical (unpaired) electrons. The molecule has 1 aliphatic rings. The van der Waals surface area contributed by atoms with Gasteiger partial charge in [-0.25, -0.2) is 0 Å². The summed E-state index contributed by atoms with van der Waals surface area (Å²) in [6, 6.07) is 17.1. The monoisotopic (exact) mass is 471 g/mol. The van der Waals surface area contributed by atoms with E-state index in [0.717, 1.165) is 46.0 Å². The van der Waals surface area contributed by atoms with E-state index in [1.807, 2.05) is 42.6 Å². The maximum Gasteiger partial charge on any atom is 0.0737 e. The van der Waals surface area contributed by atoms with Crippen molar-refractivity contribution in [1.82, 2.24) is 10.3 Å². The summed E-state index contributed by atoms with van der Waals surface area (Å²) in [5.41, 5.74) is 3.32. The van der Waals surface area contributed by atoms with Crippen LogP contribution in [0.3, 0.4) is 0 Å². The third-order valence-electron chi connectivity index (χ3n) is 5.28. The first-order valence-electron chi connectivity index (χ1n) is 9.46. The van der Waals surface area contributed by atoms with E-state index in [9.17, 15) is 0 Å². The van der Waals surface area contributed by atoms with Gasteiger partial charge in [0.05, 0.1) is 5.52 Å². The Morgan fingerprint density at radius 3 is 2.34 bits per heavy atom. The molecule has 0 atom stereocenters. The summed E-state index contributed by atoms with van der Waals surface area (Å²) in [4.78, 5) is 4.42. The molecule has 0 bridgehead atoms. The van der Waals surface area contributed by atoms with E-state index in [-0.39, 0.29) is 24.8 Å². The van der Waals surface area contributed by atoms with E-state index in [0.29, 0.717) is 12.1 Å². The Kier molecular flexibility index (Phi) is 9.32. The van der Waals surface area contributed by atoms with Gasteiger partial charge in [0.25, 0.3) is 0 Å². The van der Waals surface area contributed by atoms with Gasteiger partial charge in [0.1, 0.15) is 0 Å². The van der Waals surface area contributed by atoms with E-state index < -0.39 is 0 Å². The minimum Gasteiger partial charge on any atom is -0.382 e. The molecule has 0 spiro atoms. The highest BCUT2D eigenvalue weighted by molar-refractivity contribution is 6.31. The SMILES string of the molecule is Cl.Cl.Clc1cccc(CN[C@H]2CC[C@@H](Nc3ccnc4cc(Cl)ccc34)CC2)c1. The van der Waals surface area contributed by atoms with Gasteiger partial charge < -0.3 is 10.6 Å². The van der Waals surface area contributed by atoms with Gasteiger partial charge in [0, 0.05) is 45.9 Å². The fourth-order valence-electron chi connectivity index (χ4n) is 3.82. The van der Waals surface area contributed by atoms with Crippen LogP contribution in [0.4, 0.5) is 5.69 Å². The first-order chi connectivity index (χ1) is 13.2. The highest BCUT2D eigenvalue weighted by atomic mass is 35.5. The fraction of sp³-hybridized carbons (Fsp3) is 0.318. The molecule has 2 aromatic carbocycles. The van der Waals surface area contributed by atoms with Crippen molar-refractivity contribution >= 4 is 64.6 Å². The van der Waals surface area contributed by atoms with Crippen LogP contribution in [-0.2, 0) is 6.54 Å². The Labute approximate surface area is 194 Å². The second kappa shape index (κ2) is 11.2. The normalized spacial score (nSPS) is 18.6.